The van der Waals surface area contributed by atoms with Crippen molar-refractivity contribution in [3.8, 4) is 0 Å². The number of nitrogens with one attached hydrogen (secondary N) is 1. The molecule has 0 saturated carbocycles. The molecule has 0 bridgehead atoms. The van der Waals surface area contributed by atoms with Crippen molar-refractivity contribution in [2.45, 2.75) is 12.5 Å². The van der Waals surface area contributed by atoms with Crippen molar-refractivity contribution >= 4 is 34.9 Å². The Kier molecular flexibility index (Phi) is 5.47. The van der Waals surface area contributed by atoms with Crippen LogP contribution >= 0.6 is 6.19 Å². The van der Waals surface area contributed by atoms with Gasteiger partial charge in [0.15, 0.2) is 0 Å². The fourth-order valence-electron chi connectivity index (χ4n) is 2.84. The fourth-order valence-corrected chi connectivity index (χ4v) is 6.71. The van der Waals surface area contributed by atoms with Gasteiger partial charge in [-0.1, -0.05) is 84.6 Å². The number of hydrogen-bond donors (Lipinski definition) is 1. The molecule has 0 aliphatic rings. The van der Waals surface area contributed by atoms with Crippen molar-refractivity contribution in [3.63, 3.8) is 0 Å². The van der Waals surface area contributed by atoms with E-state index >= 15 is 0 Å². The van der Waals surface area contributed by atoms with E-state index in [0.29, 0.717) is 5.56 Å². The summed E-state index contributed by atoms with van der Waals surface area (Å²) in [6, 6.07) is 25.5. The van der Waals surface area contributed by atoms with Crippen LogP contribution in [0.4, 0.5) is 4.39 Å². The van der Waals surface area contributed by atoms with Crippen molar-refractivity contribution in [3.05, 3.63) is 96.3 Å². The third-order valence-corrected chi connectivity index (χ3v) is 8.68. The van der Waals surface area contributed by atoms with E-state index in [4.69, 9.17) is 11.8 Å². The second-order valence-corrected chi connectivity index (χ2v) is 10.3. The Morgan fingerprint density at radius 1 is 0.885 bits per heavy atom. The predicted octanol–water partition coefficient (Wildman–Crippen LogP) is 3.87. The van der Waals surface area contributed by atoms with Crippen molar-refractivity contribution in [2.24, 2.45) is 0 Å². The van der Waals surface area contributed by atoms with Gasteiger partial charge in [-0.15, -0.1) is 0 Å². The molecule has 1 atom stereocenters. The number of carbonyl (C=O) groups is 1. The van der Waals surface area contributed by atoms with Crippen molar-refractivity contribution < 1.29 is 9.18 Å². The van der Waals surface area contributed by atoms with Crippen LogP contribution in [-0.2, 0) is 22.1 Å². The minimum Gasteiger partial charge on any atom is -0.301 e. The minimum absolute atomic E-state index is 0.340. The summed E-state index contributed by atoms with van der Waals surface area (Å²) in [5.74, 6) is -0.340. The molecule has 3 aromatic carbocycles. The smallest absolute Gasteiger partial charge is 0.144 e. The average Bonchev–Trinajstić information content (AvgIpc) is 2.69. The van der Waals surface area contributed by atoms with Gasteiger partial charge in [-0.2, -0.15) is 0 Å². The van der Waals surface area contributed by atoms with Gasteiger partial charge in [0, 0.05) is 10.6 Å². The Morgan fingerprint density at radius 3 is 1.77 bits per heavy atom. The monoisotopic (exact) mass is 383 g/mol. The number of rotatable bonds is 6. The van der Waals surface area contributed by atoms with Gasteiger partial charge in [0.05, 0.1) is 6.19 Å². The van der Waals surface area contributed by atoms with Crippen molar-refractivity contribution in [1.82, 2.24) is 5.09 Å². The van der Waals surface area contributed by atoms with Crippen LogP contribution in [0.5, 0.6) is 0 Å². The fraction of sp³-hybridized carbons (Fsp3) is 0.0952. The summed E-state index contributed by atoms with van der Waals surface area (Å²) in [5.41, 5.74) is -0.357. The van der Waals surface area contributed by atoms with Crippen LogP contribution in [-0.4, -0.2) is 6.29 Å². The van der Waals surface area contributed by atoms with Crippen LogP contribution < -0.4 is 15.7 Å². The average molecular weight is 383 g/mol. The summed E-state index contributed by atoms with van der Waals surface area (Å²) in [6.45, 7) is 1.78. The number of benzene rings is 3. The Labute approximate surface area is 158 Å². The maximum absolute atomic E-state index is 13.3. The lowest BCUT2D eigenvalue weighted by atomic mass is 9.95. The van der Waals surface area contributed by atoms with Gasteiger partial charge >= 0.3 is 0 Å². The molecule has 132 valence electrons. The number of aldehydes is 1. The maximum atomic E-state index is 13.3. The summed E-state index contributed by atoms with van der Waals surface area (Å²) < 4.78 is 13.3. The zero-order valence-electron chi connectivity index (χ0n) is 14.3. The molecule has 3 rings (SSSR count). The number of carbonyl (C=O) groups excluding carboxylic acids is 1. The van der Waals surface area contributed by atoms with E-state index in [1.165, 1.54) is 12.1 Å². The van der Waals surface area contributed by atoms with E-state index in [-0.39, 0.29) is 5.82 Å². The van der Waals surface area contributed by atoms with Gasteiger partial charge in [0.2, 0.25) is 0 Å². The summed E-state index contributed by atoms with van der Waals surface area (Å²) >= 11 is 6.14. The lowest BCUT2D eigenvalue weighted by molar-refractivity contribution is -0.112. The summed E-state index contributed by atoms with van der Waals surface area (Å²) in [5, 5.41) is 5.40. The third-order valence-electron chi connectivity index (χ3n) is 4.31. The van der Waals surface area contributed by atoms with Gasteiger partial charge < -0.3 is 4.79 Å². The molecule has 0 saturated heterocycles. The van der Waals surface area contributed by atoms with E-state index in [2.05, 4.69) is 5.09 Å². The number of hydrogen-bond acceptors (Lipinski definition) is 2. The van der Waals surface area contributed by atoms with Gasteiger partial charge in [0.1, 0.15) is 17.6 Å². The van der Waals surface area contributed by atoms with Crippen LogP contribution in [0, 0.1) is 5.82 Å². The van der Waals surface area contributed by atoms with Gasteiger partial charge in [-0.3, -0.25) is 5.09 Å². The molecule has 2 nitrogen and oxygen atoms in total. The first kappa shape index (κ1) is 18.7. The summed E-state index contributed by atoms with van der Waals surface area (Å²) in [7, 11) is 0. The molecule has 0 amide bonds. The van der Waals surface area contributed by atoms with Crippen LogP contribution in [0.1, 0.15) is 12.5 Å². The second-order valence-electron chi connectivity index (χ2n) is 6.22. The molecule has 1 N–H and O–H groups in total. The van der Waals surface area contributed by atoms with Crippen LogP contribution in [0.25, 0.3) is 0 Å². The van der Waals surface area contributed by atoms with Gasteiger partial charge in [-0.25, -0.2) is 4.39 Å². The molecule has 0 aromatic heterocycles. The molecule has 26 heavy (non-hydrogen) atoms. The maximum Gasteiger partial charge on any atom is 0.144 e. The zero-order valence-corrected chi connectivity index (χ0v) is 16.0. The minimum atomic E-state index is -2.48. The highest BCUT2D eigenvalue weighted by molar-refractivity contribution is 8.21. The first-order valence-electron chi connectivity index (χ1n) is 8.21. The van der Waals surface area contributed by atoms with E-state index in [9.17, 15) is 9.18 Å². The van der Waals surface area contributed by atoms with Crippen LogP contribution in [0.2, 0.25) is 0 Å². The summed E-state index contributed by atoms with van der Waals surface area (Å²) in [6.07, 6.45) is -1.64. The molecular weight excluding hydrogens is 364 g/mol. The van der Waals surface area contributed by atoms with E-state index in [1.807, 2.05) is 60.7 Å². The Bertz CT molecular complexity index is 888. The highest BCUT2D eigenvalue weighted by atomic mass is 32.4. The van der Waals surface area contributed by atoms with Crippen molar-refractivity contribution in [2.75, 3.05) is 0 Å². The SMILES string of the molecule is C[C@](C=O)(NP(=S)(c1ccccc1)c1ccccc1)c1ccc(F)cc1. The molecule has 0 heterocycles. The summed E-state index contributed by atoms with van der Waals surface area (Å²) in [4.78, 5) is 12.1. The molecule has 0 aliphatic heterocycles. The lowest BCUT2D eigenvalue weighted by Crippen LogP contribution is -2.43. The first-order valence-corrected chi connectivity index (χ1v) is 11.0. The number of halogens is 1. The van der Waals surface area contributed by atoms with E-state index in [1.54, 1.807) is 19.1 Å². The Morgan fingerprint density at radius 2 is 1.35 bits per heavy atom. The van der Waals surface area contributed by atoms with Gasteiger partial charge in [0.25, 0.3) is 0 Å². The van der Waals surface area contributed by atoms with Crippen LogP contribution in [0.3, 0.4) is 0 Å². The molecule has 0 unspecified atom stereocenters. The second kappa shape index (κ2) is 7.63. The highest BCUT2D eigenvalue weighted by Crippen LogP contribution is 2.43. The molecule has 3 aromatic rings. The van der Waals surface area contributed by atoms with Crippen molar-refractivity contribution in [1.29, 1.82) is 0 Å². The first-order chi connectivity index (χ1) is 12.5. The molecule has 0 radical (unpaired) electrons. The molecule has 0 fully saturated rings. The lowest BCUT2D eigenvalue weighted by Gasteiger charge is -2.34. The standard InChI is InChI=1S/C21H19FNOPS/c1-21(16-24,17-12-14-18(22)15-13-17)23-25(26,19-8-4-2-5-9-19)20-10-6-3-7-11-20/h2-16H,1H3,(H,23,26)/t21-/m1/s1. The molecule has 0 aliphatic carbocycles. The highest BCUT2D eigenvalue weighted by Gasteiger charge is 2.34. The Hall–Kier alpha value is -2.13. The third kappa shape index (κ3) is 3.68. The van der Waals surface area contributed by atoms with E-state index < -0.39 is 11.7 Å². The van der Waals surface area contributed by atoms with Gasteiger partial charge in [-0.05, 0) is 24.6 Å². The van der Waals surface area contributed by atoms with E-state index in [0.717, 1.165) is 16.9 Å². The topological polar surface area (TPSA) is 29.1 Å². The normalized spacial score (nSPS) is 13.8. The molecular formula is C21H19FNOPS. The van der Waals surface area contributed by atoms with Crippen LogP contribution in [0.15, 0.2) is 84.9 Å². The quantitative estimate of drug-likeness (QED) is 0.518. The molecule has 5 heteroatoms. The largest absolute Gasteiger partial charge is 0.301 e. The zero-order chi connectivity index (χ0) is 18.6. The predicted molar refractivity (Wildman–Crippen MR) is 109 cm³/mol. The molecule has 0 spiro atoms. The Balaban J connectivity index is 2.12.